The maximum atomic E-state index is 12.9. The molecule has 2 aromatic heterocycles. The summed E-state index contributed by atoms with van der Waals surface area (Å²) in [5.74, 6) is 1.80. The second kappa shape index (κ2) is 7.28. The third kappa shape index (κ3) is 3.17. The minimum atomic E-state index is -0.132. The highest BCUT2D eigenvalue weighted by molar-refractivity contribution is 7.16. The summed E-state index contributed by atoms with van der Waals surface area (Å²) in [6.45, 7) is 1.92. The molecule has 10 heteroatoms. The largest absolute Gasteiger partial charge is 0.497 e. The Hall–Kier alpha value is -3.14. The van der Waals surface area contributed by atoms with Crippen LogP contribution in [0.25, 0.3) is 10.3 Å². The van der Waals surface area contributed by atoms with E-state index >= 15 is 0 Å². The molecule has 1 aromatic carbocycles. The molecule has 9 nitrogen and oxygen atoms in total. The zero-order chi connectivity index (χ0) is 20.7. The normalized spacial score (nSPS) is 17.8. The van der Waals surface area contributed by atoms with Crippen molar-refractivity contribution in [2.24, 2.45) is 0 Å². The second-order valence-corrected chi connectivity index (χ2v) is 8.55. The summed E-state index contributed by atoms with van der Waals surface area (Å²) < 4.78 is 5.17. The van der Waals surface area contributed by atoms with E-state index in [-0.39, 0.29) is 17.5 Å². The van der Waals surface area contributed by atoms with Gasteiger partial charge >= 0.3 is 6.03 Å². The van der Waals surface area contributed by atoms with Gasteiger partial charge in [0.1, 0.15) is 11.3 Å². The third-order valence-electron chi connectivity index (χ3n) is 6.02. The SMILES string of the molecule is COc1ccc(NC(=O)N2CCN(c3nc(N)nc4scnc34)C3(CCC3)C2)cc1. The van der Waals surface area contributed by atoms with E-state index in [2.05, 4.69) is 25.2 Å². The number of urea groups is 1. The van der Waals surface area contributed by atoms with Crippen LogP contribution in [0.5, 0.6) is 5.75 Å². The monoisotopic (exact) mass is 425 g/mol. The molecule has 1 saturated heterocycles. The average molecular weight is 426 g/mol. The van der Waals surface area contributed by atoms with Gasteiger partial charge in [0.15, 0.2) is 10.6 Å². The van der Waals surface area contributed by atoms with Crippen molar-refractivity contribution in [3.8, 4) is 5.75 Å². The lowest BCUT2D eigenvalue weighted by Gasteiger charge is -2.56. The third-order valence-corrected chi connectivity index (χ3v) is 6.74. The van der Waals surface area contributed by atoms with Crippen LogP contribution in [0.15, 0.2) is 29.8 Å². The molecule has 2 amide bonds. The number of nitrogens with one attached hydrogen (secondary N) is 1. The predicted molar refractivity (Wildman–Crippen MR) is 117 cm³/mol. The van der Waals surface area contributed by atoms with Crippen molar-refractivity contribution >= 4 is 45.2 Å². The van der Waals surface area contributed by atoms with Crippen LogP contribution in [0.4, 0.5) is 22.2 Å². The molecule has 1 aliphatic carbocycles. The van der Waals surface area contributed by atoms with E-state index in [1.165, 1.54) is 11.3 Å². The number of nitrogen functional groups attached to an aromatic ring is 1. The van der Waals surface area contributed by atoms with Crippen LogP contribution >= 0.6 is 11.3 Å². The number of ether oxygens (including phenoxy) is 1. The number of thiazole rings is 1. The van der Waals surface area contributed by atoms with E-state index < -0.39 is 0 Å². The highest BCUT2D eigenvalue weighted by Gasteiger charge is 2.48. The first-order chi connectivity index (χ1) is 14.6. The summed E-state index contributed by atoms with van der Waals surface area (Å²) in [7, 11) is 1.62. The van der Waals surface area contributed by atoms with E-state index in [1.807, 2.05) is 29.2 Å². The van der Waals surface area contributed by atoms with Crippen molar-refractivity contribution in [2.45, 2.75) is 24.8 Å². The molecule has 0 unspecified atom stereocenters. The lowest BCUT2D eigenvalue weighted by molar-refractivity contribution is 0.120. The van der Waals surface area contributed by atoms with Crippen LogP contribution in [-0.2, 0) is 0 Å². The fourth-order valence-electron chi connectivity index (χ4n) is 4.32. The van der Waals surface area contributed by atoms with E-state index in [4.69, 9.17) is 10.5 Å². The number of benzene rings is 1. The van der Waals surface area contributed by atoms with E-state index in [0.29, 0.717) is 19.6 Å². The van der Waals surface area contributed by atoms with E-state index in [9.17, 15) is 4.79 Å². The molecule has 1 aliphatic heterocycles. The summed E-state index contributed by atoms with van der Waals surface area (Å²) in [6, 6.07) is 7.26. The van der Waals surface area contributed by atoms with Gasteiger partial charge in [0.05, 0.1) is 18.2 Å². The molecular weight excluding hydrogens is 402 g/mol. The van der Waals surface area contributed by atoms with Gasteiger partial charge in [0, 0.05) is 25.3 Å². The summed E-state index contributed by atoms with van der Waals surface area (Å²) in [5.41, 5.74) is 9.14. The summed E-state index contributed by atoms with van der Waals surface area (Å²) in [4.78, 5) is 31.2. The molecule has 156 valence electrons. The van der Waals surface area contributed by atoms with Crippen LogP contribution < -0.4 is 20.7 Å². The maximum Gasteiger partial charge on any atom is 0.321 e. The van der Waals surface area contributed by atoms with Crippen LogP contribution in [0.2, 0.25) is 0 Å². The van der Waals surface area contributed by atoms with Crippen molar-refractivity contribution in [1.29, 1.82) is 0 Å². The van der Waals surface area contributed by atoms with E-state index in [0.717, 1.165) is 46.9 Å². The summed E-state index contributed by atoms with van der Waals surface area (Å²) >= 11 is 1.46. The number of anilines is 3. The Balaban J connectivity index is 1.36. The molecule has 1 spiro atoms. The van der Waals surface area contributed by atoms with Crippen molar-refractivity contribution in [3.63, 3.8) is 0 Å². The Morgan fingerprint density at radius 2 is 2.03 bits per heavy atom. The van der Waals surface area contributed by atoms with Gasteiger partial charge in [-0.25, -0.2) is 14.8 Å². The standard InChI is InChI=1S/C20H23N7O2S/c1-29-14-5-3-13(4-6-14)23-19(28)26-9-10-27(20(11-26)7-2-8-20)16-15-17(30-12-22-15)25-18(21)24-16/h3-6,12H,2,7-11H2,1H3,(H,23,28)(H2,21,24,25). The lowest BCUT2D eigenvalue weighted by atomic mass is 9.73. The Morgan fingerprint density at radius 3 is 2.73 bits per heavy atom. The molecule has 30 heavy (non-hydrogen) atoms. The number of rotatable bonds is 3. The number of fused-ring (bicyclic) bond motifs is 1. The van der Waals surface area contributed by atoms with Crippen LogP contribution in [0, 0.1) is 0 Å². The molecule has 5 rings (SSSR count). The van der Waals surface area contributed by atoms with Gasteiger partial charge in [0.25, 0.3) is 0 Å². The molecule has 2 fully saturated rings. The van der Waals surface area contributed by atoms with Gasteiger partial charge < -0.3 is 25.6 Å². The van der Waals surface area contributed by atoms with Crippen molar-refractivity contribution in [2.75, 3.05) is 42.7 Å². The number of hydrogen-bond acceptors (Lipinski definition) is 8. The average Bonchev–Trinajstić information content (AvgIpc) is 3.20. The van der Waals surface area contributed by atoms with Gasteiger partial charge in [-0.1, -0.05) is 0 Å². The molecular formula is C20H23N7O2S. The Morgan fingerprint density at radius 1 is 1.23 bits per heavy atom. The smallest absolute Gasteiger partial charge is 0.321 e. The number of hydrogen-bond donors (Lipinski definition) is 2. The fraction of sp³-hybridized carbons (Fsp3) is 0.400. The fourth-order valence-corrected chi connectivity index (χ4v) is 4.98. The minimum absolute atomic E-state index is 0.0906. The number of carbonyl (C=O) groups excluding carboxylic acids is 1. The van der Waals surface area contributed by atoms with Gasteiger partial charge in [-0.15, -0.1) is 11.3 Å². The second-order valence-electron chi connectivity index (χ2n) is 7.72. The topological polar surface area (TPSA) is 110 Å². The van der Waals surface area contributed by atoms with Crippen LogP contribution in [0.1, 0.15) is 19.3 Å². The molecule has 0 bridgehead atoms. The number of piperazine rings is 1. The zero-order valence-corrected chi connectivity index (χ0v) is 17.5. The highest BCUT2D eigenvalue weighted by Crippen LogP contribution is 2.44. The quantitative estimate of drug-likeness (QED) is 0.664. The maximum absolute atomic E-state index is 12.9. The molecule has 0 radical (unpaired) electrons. The number of carbonyl (C=O) groups is 1. The van der Waals surface area contributed by atoms with Crippen molar-refractivity contribution in [1.82, 2.24) is 19.9 Å². The van der Waals surface area contributed by atoms with Crippen molar-refractivity contribution in [3.05, 3.63) is 29.8 Å². The molecule has 3 heterocycles. The summed E-state index contributed by atoms with van der Waals surface area (Å²) in [5, 5.41) is 2.99. The molecule has 2 aliphatic rings. The number of aromatic nitrogens is 3. The van der Waals surface area contributed by atoms with Gasteiger partial charge in [-0.2, -0.15) is 4.98 Å². The first-order valence-corrected chi connectivity index (χ1v) is 10.8. The van der Waals surface area contributed by atoms with E-state index in [1.54, 1.807) is 12.6 Å². The molecule has 3 N–H and O–H groups in total. The van der Waals surface area contributed by atoms with Gasteiger partial charge in [0.2, 0.25) is 5.95 Å². The molecule has 3 aromatic rings. The van der Waals surface area contributed by atoms with Crippen molar-refractivity contribution < 1.29 is 9.53 Å². The summed E-state index contributed by atoms with van der Waals surface area (Å²) in [6.07, 6.45) is 3.15. The Kier molecular flexibility index (Phi) is 4.58. The molecule has 0 atom stereocenters. The predicted octanol–water partition coefficient (Wildman–Crippen LogP) is 2.95. The van der Waals surface area contributed by atoms with Crippen LogP contribution in [0.3, 0.4) is 0 Å². The number of amides is 2. The minimum Gasteiger partial charge on any atom is -0.497 e. The Labute approximate surface area is 177 Å². The lowest BCUT2D eigenvalue weighted by Crippen LogP contribution is -2.67. The number of nitrogens with zero attached hydrogens (tertiary/aromatic N) is 5. The first-order valence-electron chi connectivity index (χ1n) is 9.92. The zero-order valence-electron chi connectivity index (χ0n) is 16.7. The number of nitrogens with two attached hydrogens (primary N) is 1. The number of methoxy groups -OCH3 is 1. The van der Waals surface area contributed by atoms with Gasteiger partial charge in [-0.05, 0) is 43.5 Å². The van der Waals surface area contributed by atoms with Crippen LogP contribution in [-0.4, -0.2) is 58.2 Å². The first kappa shape index (κ1) is 18.9. The highest BCUT2D eigenvalue weighted by atomic mass is 32.1. The Bertz CT molecular complexity index is 1080. The molecule has 1 saturated carbocycles. The van der Waals surface area contributed by atoms with Gasteiger partial charge in [-0.3, -0.25) is 0 Å².